The number of carboxylic acid groups (broad SMARTS) is 1. The number of allylic oxidation sites excluding steroid dienone is 1. The van der Waals surface area contributed by atoms with Crippen molar-refractivity contribution in [2.45, 2.75) is 151 Å². The molecule has 0 fully saturated rings. The zero-order valence-electron chi connectivity index (χ0n) is 63.9. The van der Waals surface area contributed by atoms with Crippen LogP contribution in [-0.2, 0) is 63.9 Å². The number of aromatic carboxylic acids is 1. The fourth-order valence-electron chi connectivity index (χ4n) is 11.3. The number of nitrogens with two attached hydrogens (primary N) is 6. The number of alkyl halides is 5. The van der Waals surface area contributed by atoms with Crippen LogP contribution in [0, 0.1) is 36.2 Å². The Labute approximate surface area is 654 Å². The Bertz CT molecular complexity index is 4310. The van der Waals surface area contributed by atoms with E-state index in [1.165, 1.54) is 60.9 Å². The van der Waals surface area contributed by atoms with E-state index in [1.54, 1.807) is 56.0 Å². The lowest BCUT2D eigenvalue weighted by Gasteiger charge is -2.31. The van der Waals surface area contributed by atoms with Gasteiger partial charge in [-0.05, 0) is 149 Å². The molecule has 3 atom stereocenters. The summed E-state index contributed by atoms with van der Waals surface area (Å²) in [6.45, 7) is 17.7. The molecule has 1 amide bonds. The fourth-order valence-corrected chi connectivity index (χ4v) is 12.3. The Morgan fingerprint density at radius 2 is 1.50 bits per heavy atom. The number of nitrogen functional groups attached to an aromatic ring is 2. The summed E-state index contributed by atoms with van der Waals surface area (Å²) in [4.78, 5) is 69.7. The molecule has 35 heteroatoms. The van der Waals surface area contributed by atoms with Crippen LogP contribution in [0.1, 0.15) is 150 Å². The van der Waals surface area contributed by atoms with Crippen molar-refractivity contribution in [3.8, 4) is 11.5 Å². The number of dihydropyridines is 1. The Morgan fingerprint density at radius 3 is 2.09 bits per heavy atom. The molecular formula is C77H100ClF8N13O12S. The lowest BCUT2D eigenvalue weighted by Crippen LogP contribution is -2.41. The van der Waals surface area contributed by atoms with Crippen molar-refractivity contribution in [1.82, 2.24) is 30.0 Å². The Hall–Kier alpha value is -9.84. The number of ether oxygens (including phenoxy) is 4. The molecule has 7 aromatic rings. The van der Waals surface area contributed by atoms with Gasteiger partial charge in [-0.15, -0.1) is 10.2 Å². The highest BCUT2D eigenvalue weighted by molar-refractivity contribution is 7.22. The van der Waals surface area contributed by atoms with Gasteiger partial charge in [-0.1, -0.05) is 98.5 Å². The number of phenols is 1. The van der Waals surface area contributed by atoms with E-state index in [0.717, 1.165) is 60.8 Å². The van der Waals surface area contributed by atoms with E-state index in [0.29, 0.717) is 151 Å². The average molecular weight is 1620 g/mol. The third-order valence-electron chi connectivity index (χ3n) is 16.4. The van der Waals surface area contributed by atoms with Crippen LogP contribution in [-0.4, -0.2) is 142 Å². The van der Waals surface area contributed by atoms with Gasteiger partial charge in [0.05, 0.1) is 77.7 Å². The van der Waals surface area contributed by atoms with Crippen LogP contribution in [0.25, 0.3) is 10.2 Å². The number of rotatable bonds is 29. The number of ketones is 1. The number of aryl methyl sites for hydroxylation is 1. The predicted octanol–water partition coefficient (Wildman–Crippen LogP) is 13.1. The number of unbranched alkanes of at least 4 members (excludes halogenated alkanes) is 3. The smallest absolute Gasteiger partial charge is 0.416 e. The van der Waals surface area contributed by atoms with E-state index in [4.69, 9.17) is 75.3 Å². The van der Waals surface area contributed by atoms with Gasteiger partial charge in [0.2, 0.25) is 5.91 Å². The molecule has 0 radical (unpaired) electrons. The highest BCUT2D eigenvalue weighted by atomic mass is 35.5. The van der Waals surface area contributed by atoms with E-state index in [9.17, 15) is 59.1 Å². The molecule has 2 aliphatic rings. The van der Waals surface area contributed by atoms with Crippen LogP contribution < -0.4 is 44.5 Å². The lowest BCUT2D eigenvalue weighted by atomic mass is 9.80. The number of fused-ring (bicyclic) bond motifs is 2. The van der Waals surface area contributed by atoms with E-state index in [1.807, 2.05) is 11.5 Å². The average Bonchev–Trinajstić information content (AvgIpc) is 0.989. The molecule has 2 unspecified atom stereocenters. The summed E-state index contributed by atoms with van der Waals surface area (Å²) in [5, 5.41) is 33.4. The zero-order chi connectivity index (χ0) is 83.6. The van der Waals surface area contributed by atoms with Crippen LogP contribution in [0.2, 0.25) is 5.02 Å². The zero-order valence-corrected chi connectivity index (χ0v) is 65.5. The van der Waals surface area contributed by atoms with Crippen molar-refractivity contribution in [1.29, 1.82) is 0 Å². The second kappa shape index (κ2) is 46.9. The van der Waals surface area contributed by atoms with Crippen molar-refractivity contribution in [3.63, 3.8) is 0 Å². The monoisotopic (exact) mass is 1620 g/mol. The number of hydrogen-bond acceptors (Lipinski definition) is 23. The van der Waals surface area contributed by atoms with E-state index in [2.05, 4.69) is 51.2 Å². The summed E-state index contributed by atoms with van der Waals surface area (Å²) in [6, 6.07) is 21.1. The number of anilines is 2. The van der Waals surface area contributed by atoms with Gasteiger partial charge in [0.15, 0.2) is 22.6 Å². The van der Waals surface area contributed by atoms with Crippen LogP contribution in [0.3, 0.4) is 0 Å². The number of carbonyl (C=O) groups is 5. The Balaban J connectivity index is 0.000000293. The number of aromatic nitrogens is 4. The van der Waals surface area contributed by atoms with Crippen molar-refractivity contribution in [2.75, 3.05) is 71.2 Å². The number of oxime groups is 1. The fraction of sp³-hybridized carbons (Fsp3) is 0.442. The first-order valence-corrected chi connectivity index (χ1v) is 36.9. The second-order valence-corrected chi connectivity index (χ2v) is 27.5. The largest absolute Gasteiger partial charge is 0.507 e. The third-order valence-corrected chi connectivity index (χ3v) is 17.6. The molecule has 112 heavy (non-hydrogen) atoms. The molecule has 0 bridgehead atoms. The number of benzene rings is 5. The van der Waals surface area contributed by atoms with Crippen molar-refractivity contribution in [3.05, 3.63) is 182 Å². The Kier molecular flexibility index (Phi) is 39.6. The number of carboxylic acids is 1. The van der Waals surface area contributed by atoms with E-state index < -0.39 is 65.2 Å². The minimum atomic E-state index is -4.33. The summed E-state index contributed by atoms with van der Waals surface area (Å²) in [5.74, 6) is -3.87. The normalized spacial score (nSPS) is 13.9. The molecule has 0 saturated heterocycles. The second-order valence-electron chi connectivity index (χ2n) is 26.1. The van der Waals surface area contributed by atoms with Crippen LogP contribution in [0.15, 0.2) is 125 Å². The molecule has 0 spiro atoms. The van der Waals surface area contributed by atoms with Gasteiger partial charge in [-0.25, -0.2) is 32.5 Å². The first-order valence-electron chi connectivity index (χ1n) is 35.7. The number of nitrogens with one attached hydrogen (secondary N) is 1. The number of aromatic hydroxyl groups is 1. The maximum atomic E-state index is 13.7. The van der Waals surface area contributed by atoms with E-state index >= 15 is 0 Å². The van der Waals surface area contributed by atoms with Gasteiger partial charge in [0.25, 0.3) is 0 Å². The standard InChI is InChI=1S/C20H25ClN2O5.C16H18F3N5O.C16H23F3N2O.C9H8F2N2OS.C9H19NO.C7H7NO3/c1-4-28-20(25)18-15(11-27-10-9-22)23-12(2)16(19(24)26-3)17(18)13-7-5-6-8-14(13)21;1-9-21-22-15-8-23(2-3-24(9)15)16(25)6-11(20)4-10-5-13(18)14(19)7-12(10)17;1-2-3-4-5-6-15(21-22-12-11-20)13-7-9-14(10-8-13)16(17,18)19;1-9(10,11)14-5-2-3-6-7(4-5)15-8(12)13-6;1-7(2)4-9(6-10)5-8(3)11;8-4-1-2-6(9)5(3-4)7(10)11/h5-8,17,23H,4,9-11,22H2,1-3H3;5,7,11H,2-4,6,8,20H2,1H3;7-10H,2-6,11-12,20H2,1H3;2-4H,1H3,(H2,12,13);7,9H,4-6,10H2,1-3H3;1-3,9H,8H2,(H,10,11)/b;;21-15-;;;/t;;;;9-;/m....0./s1. The molecule has 2 aliphatic heterocycles. The summed E-state index contributed by atoms with van der Waals surface area (Å²) < 4.78 is 126. The minimum absolute atomic E-state index is 0.0223. The number of Topliss-reactive ketones (excluding diaryl/α,β-unsaturated/α-hetero) is 1. The van der Waals surface area contributed by atoms with E-state index in [-0.39, 0.29) is 65.9 Å². The number of hydrogen-bond donors (Lipinski definition) is 9. The summed E-state index contributed by atoms with van der Waals surface area (Å²) in [6.07, 6.45) is -0.950. The lowest BCUT2D eigenvalue weighted by molar-refractivity contribution is -0.159. The highest BCUT2D eigenvalue weighted by Crippen LogP contribution is 2.42. The Morgan fingerprint density at radius 1 is 0.821 bits per heavy atom. The maximum absolute atomic E-state index is 13.7. The molecular weight excluding hydrogens is 1520 g/mol. The van der Waals surface area contributed by atoms with Crippen molar-refractivity contribution < 1.29 is 93.1 Å². The highest BCUT2D eigenvalue weighted by Gasteiger charge is 2.40. The molecule has 15 N–H and O–H groups in total. The van der Waals surface area contributed by atoms with Crippen molar-refractivity contribution in [2.24, 2.45) is 39.9 Å². The molecule has 2 aromatic heterocycles. The van der Waals surface area contributed by atoms with Crippen LogP contribution in [0.4, 0.5) is 45.9 Å². The van der Waals surface area contributed by atoms with Gasteiger partial charge in [0, 0.05) is 74.5 Å². The van der Waals surface area contributed by atoms with Gasteiger partial charge in [0.1, 0.15) is 41.1 Å². The van der Waals surface area contributed by atoms with Gasteiger partial charge < -0.3 is 88.0 Å². The van der Waals surface area contributed by atoms with Gasteiger partial charge in [-0.2, -0.15) is 22.0 Å². The number of thiazole rings is 1. The first kappa shape index (κ1) is 94.5. The summed E-state index contributed by atoms with van der Waals surface area (Å²) >= 11 is 7.66. The molecule has 0 aliphatic carbocycles. The number of esters is 2. The number of carbonyl (C=O) groups excluding carboxylic acids is 4. The number of halogens is 9. The van der Waals surface area contributed by atoms with Gasteiger partial charge >= 0.3 is 30.2 Å². The number of nitrogens with zero attached hydrogens (tertiary/aromatic N) is 6. The third kappa shape index (κ3) is 31.4. The minimum Gasteiger partial charge on any atom is -0.507 e. The number of methoxy groups -OCH3 is 1. The molecule has 9 rings (SSSR count). The molecule has 614 valence electrons. The summed E-state index contributed by atoms with van der Waals surface area (Å²) in [5.41, 5.74) is 36.7. The molecule has 0 saturated carbocycles. The first-order chi connectivity index (χ1) is 52.9. The van der Waals surface area contributed by atoms with Gasteiger partial charge in [-0.3, -0.25) is 4.79 Å². The number of amides is 1. The SMILES string of the molecule is CC(=O)C[C@@H](CN)CC(C)C.CC(F)(F)Oc1ccc2nc(N)sc2c1.CCCCCC/C(=N/OCCN)c1ccc(C(F)(F)F)cc1.CCOC(=O)C1=C(COCCN)NC(C)=C(C(=O)OC)C1c1ccccc1Cl.Cc1nnc2n1CCN(C(=O)CC(N)Cc1cc(F)c(F)cc1F)C2.Nc1ccc(O)c(C(=O)O)c1. The topological polar surface area (TPSA) is 399 Å². The van der Waals surface area contributed by atoms with Crippen molar-refractivity contribution >= 4 is 79.3 Å². The summed E-state index contributed by atoms with van der Waals surface area (Å²) in [7, 11) is 1.29. The van der Waals surface area contributed by atoms with Crippen LogP contribution in [0.5, 0.6) is 11.5 Å². The molecule has 4 heterocycles. The molecule has 5 aromatic carbocycles. The quantitative estimate of drug-likeness (QED) is 0.00307. The predicted molar refractivity (Wildman–Crippen MR) is 412 cm³/mol. The maximum Gasteiger partial charge on any atom is 0.416 e. The van der Waals surface area contributed by atoms with Crippen LogP contribution >= 0.6 is 22.9 Å². The molecule has 25 nitrogen and oxygen atoms in total.